The molecule has 1 atom stereocenters. The van der Waals surface area contributed by atoms with Gasteiger partial charge in [-0.1, -0.05) is 0 Å². The Balaban J connectivity index is 1.98. The molecule has 1 N–H and O–H groups in total. The van der Waals surface area contributed by atoms with E-state index in [2.05, 4.69) is 10.4 Å². The van der Waals surface area contributed by atoms with E-state index >= 15 is 0 Å². The van der Waals surface area contributed by atoms with Crippen LogP contribution in [0.3, 0.4) is 0 Å². The molecule has 0 bridgehead atoms. The van der Waals surface area contributed by atoms with Gasteiger partial charge in [-0.25, -0.2) is 0 Å². The van der Waals surface area contributed by atoms with Crippen LogP contribution in [0.1, 0.15) is 6.42 Å². The van der Waals surface area contributed by atoms with Gasteiger partial charge in [0.15, 0.2) is 0 Å². The van der Waals surface area contributed by atoms with Crippen LogP contribution < -0.4 is 5.32 Å². The highest BCUT2D eigenvalue weighted by molar-refractivity contribution is 7.99. The van der Waals surface area contributed by atoms with Crippen LogP contribution in [0.2, 0.25) is 0 Å². The topological polar surface area (TPSA) is 29.9 Å². The first kappa shape index (κ1) is 7.98. The lowest BCUT2D eigenvalue weighted by atomic mass is 10.3. The molecule has 0 aromatic carbocycles. The highest BCUT2D eigenvalue weighted by Crippen LogP contribution is 2.20. The Hall–Kier alpha value is -0.640. The number of nitrogens with zero attached hydrogens (tertiary/aromatic N) is 2. The molecule has 1 aliphatic heterocycles. The number of aryl methyl sites for hydroxylation is 1. The molecule has 1 unspecified atom stereocenters. The molecule has 1 aromatic rings. The molecule has 0 aliphatic carbocycles. The van der Waals surface area contributed by atoms with E-state index in [1.54, 1.807) is 0 Å². The fourth-order valence-electron chi connectivity index (χ4n) is 1.37. The average Bonchev–Trinajstić information content (AvgIpc) is 2.65. The van der Waals surface area contributed by atoms with Crippen LogP contribution >= 0.6 is 11.8 Å². The van der Waals surface area contributed by atoms with E-state index in [9.17, 15) is 0 Å². The molecule has 1 fully saturated rings. The number of rotatable bonds is 2. The normalized spacial score (nSPS) is 22.9. The largest absolute Gasteiger partial charge is 0.367 e. The maximum absolute atomic E-state index is 4.11. The van der Waals surface area contributed by atoms with E-state index in [0.717, 1.165) is 5.82 Å². The molecule has 2 heterocycles. The van der Waals surface area contributed by atoms with Gasteiger partial charge in [-0.2, -0.15) is 16.9 Å². The van der Waals surface area contributed by atoms with Crippen LogP contribution in [-0.4, -0.2) is 27.3 Å². The monoisotopic (exact) mass is 183 g/mol. The molecule has 0 saturated carbocycles. The lowest BCUT2D eigenvalue weighted by molar-refractivity contribution is 0.737. The van der Waals surface area contributed by atoms with Crippen molar-refractivity contribution in [3.8, 4) is 0 Å². The summed E-state index contributed by atoms with van der Waals surface area (Å²) in [6, 6.07) is 2.66. The quantitative estimate of drug-likeness (QED) is 0.750. The molecule has 0 amide bonds. The number of thioether (sulfide) groups is 1. The van der Waals surface area contributed by atoms with Gasteiger partial charge in [0.05, 0.1) is 6.20 Å². The van der Waals surface area contributed by atoms with E-state index < -0.39 is 0 Å². The summed E-state index contributed by atoms with van der Waals surface area (Å²) < 4.78 is 1.88. The zero-order valence-corrected chi connectivity index (χ0v) is 7.97. The van der Waals surface area contributed by atoms with Crippen LogP contribution in [0.5, 0.6) is 0 Å². The molecule has 3 nitrogen and oxygen atoms in total. The highest BCUT2D eigenvalue weighted by Gasteiger charge is 2.15. The molecule has 0 radical (unpaired) electrons. The first-order chi connectivity index (χ1) is 5.86. The summed E-state index contributed by atoms with van der Waals surface area (Å²) in [5, 5.41) is 7.57. The van der Waals surface area contributed by atoms with Crippen molar-refractivity contribution >= 4 is 17.6 Å². The van der Waals surface area contributed by atoms with E-state index in [1.807, 2.05) is 35.8 Å². The number of hydrogen-bond donors (Lipinski definition) is 1. The van der Waals surface area contributed by atoms with Crippen molar-refractivity contribution < 1.29 is 0 Å². The summed E-state index contributed by atoms with van der Waals surface area (Å²) in [4.78, 5) is 0. The van der Waals surface area contributed by atoms with Gasteiger partial charge in [-0.3, -0.25) is 4.68 Å². The fourth-order valence-corrected chi connectivity index (χ4v) is 2.53. The molecule has 12 heavy (non-hydrogen) atoms. The second kappa shape index (κ2) is 3.39. The molecular formula is C8H13N3S. The van der Waals surface area contributed by atoms with Crippen molar-refractivity contribution in [1.82, 2.24) is 9.78 Å². The third-order valence-electron chi connectivity index (χ3n) is 2.10. The highest BCUT2D eigenvalue weighted by atomic mass is 32.2. The zero-order valence-electron chi connectivity index (χ0n) is 7.16. The van der Waals surface area contributed by atoms with Crippen molar-refractivity contribution in [1.29, 1.82) is 0 Å². The minimum Gasteiger partial charge on any atom is -0.367 e. The summed E-state index contributed by atoms with van der Waals surface area (Å²) in [6.45, 7) is 0. The summed E-state index contributed by atoms with van der Waals surface area (Å²) >= 11 is 2.02. The molecule has 2 rings (SSSR count). The number of hydrogen-bond acceptors (Lipinski definition) is 3. The van der Waals surface area contributed by atoms with Crippen LogP contribution in [0, 0.1) is 0 Å². The van der Waals surface area contributed by atoms with Crippen LogP contribution in [0.25, 0.3) is 0 Å². The second-order valence-electron chi connectivity index (χ2n) is 3.04. The van der Waals surface area contributed by atoms with E-state index in [-0.39, 0.29) is 0 Å². The molecule has 66 valence electrons. The van der Waals surface area contributed by atoms with Crippen LogP contribution in [0.4, 0.5) is 5.82 Å². The maximum atomic E-state index is 4.11. The zero-order chi connectivity index (χ0) is 8.39. The van der Waals surface area contributed by atoms with Gasteiger partial charge in [0.1, 0.15) is 5.82 Å². The third-order valence-corrected chi connectivity index (χ3v) is 3.27. The predicted octanol–water partition coefficient (Wildman–Crippen LogP) is 1.34. The molecular weight excluding hydrogens is 170 g/mol. The second-order valence-corrected chi connectivity index (χ2v) is 4.19. The van der Waals surface area contributed by atoms with Crippen molar-refractivity contribution in [2.75, 3.05) is 16.8 Å². The van der Waals surface area contributed by atoms with Gasteiger partial charge >= 0.3 is 0 Å². The fraction of sp³-hybridized carbons (Fsp3) is 0.625. The van der Waals surface area contributed by atoms with Gasteiger partial charge in [-0.05, 0) is 12.2 Å². The number of nitrogens with one attached hydrogen (secondary N) is 1. The SMILES string of the molecule is Cn1nccc1NC1CCSC1. The molecule has 0 spiro atoms. The summed E-state index contributed by atoms with van der Waals surface area (Å²) in [5.74, 6) is 3.64. The van der Waals surface area contributed by atoms with Crippen molar-refractivity contribution in [2.45, 2.75) is 12.5 Å². The smallest absolute Gasteiger partial charge is 0.124 e. The Morgan fingerprint density at radius 2 is 2.67 bits per heavy atom. The Morgan fingerprint density at radius 3 is 3.25 bits per heavy atom. The van der Waals surface area contributed by atoms with E-state index in [0.29, 0.717) is 6.04 Å². The van der Waals surface area contributed by atoms with Gasteiger partial charge in [0.25, 0.3) is 0 Å². The Kier molecular flexibility index (Phi) is 2.26. The number of anilines is 1. The predicted molar refractivity (Wildman–Crippen MR) is 52.6 cm³/mol. The number of aromatic nitrogens is 2. The standard InChI is InChI=1S/C8H13N3S/c1-11-8(2-4-9-11)10-7-3-5-12-6-7/h2,4,7,10H,3,5-6H2,1H3. The first-order valence-corrected chi connectivity index (χ1v) is 5.34. The van der Waals surface area contributed by atoms with Gasteiger partial charge < -0.3 is 5.32 Å². The van der Waals surface area contributed by atoms with E-state index in [1.165, 1.54) is 17.9 Å². The van der Waals surface area contributed by atoms with Crippen molar-refractivity contribution in [3.63, 3.8) is 0 Å². The lowest BCUT2D eigenvalue weighted by Crippen LogP contribution is -2.19. The summed E-state index contributed by atoms with van der Waals surface area (Å²) in [6.07, 6.45) is 3.10. The molecule has 4 heteroatoms. The van der Waals surface area contributed by atoms with Crippen molar-refractivity contribution in [2.24, 2.45) is 7.05 Å². The van der Waals surface area contributed by atoms with Gasteiger partial charge in [0.2, 0.25) is 0 Å². The van der Waals surface area contributed by atoms with E-state index in [4.69, 9.17) is 0 Å². The lowest BCUT2D eigenvalue weighted by Gasteiger charge is -2.11. The summed E-state index contributed by atoms with van der Waals surface area (Å²) in [5.41, 5.74) is 0. The third kappa shape index (κ3) is 1.58. The van der Waals surface area contributed by atoms with Crippen molar-refractivity contribution in [3.05, 3.63) is 12.3 Å². The van der Waals surface area contributed by atoms with Crippen LogP contribution in [0.15, 0.2) is 12.3 Å². The summed E-state index contributed by atoms with van der Waals surface area (Å²) in [7, 11) is 1.96. The Labute approximate surface area is 76.5 Å². The Bertz CT molecular complexity index is 253. The molecule has 1 aromatic heterocycles. The minimum absolute atomic E-state index is 0.644. The molecule has 1 aliphatic rings. The average molecular weight is 183 g/mol. The van der Waals surface area contributed by atoms with Gasteiger partial charge in [0, 0.05) is 24.9 Å². The maximum Gasteiger partial charge on any atom is 0.124 e. The van der Waals surface area contributed by atoms with Crippen LogP contribution in [-0.2, 0) is 7.05 Å². The molecule has 1 saturated heterocycles. The minimum atomic E-state index is 0.644. The Morgan fingerprint density at radius 1 is 1.75 bits per heavy atom. The first-order valence-electron chi connectivity index (χ1n) is 4.18. The van der Waals surface area contributed by atoms with Gasteiger partial charge in [-0.15, -0.1) is 0 Å².